The van der Waals surface area contributed by atoms with Crippen molar-refractivity contribution >= 4 is 5.97 Å². The van der Waals surface area contributed by atoms with E-state index in [0.717, 1.165) is 13.0 Å². The Bertz CT molecular complexity index is 128. The molecular weight excluding hydrogens is 156 g/mol. The molecule has 0 saturated carbocycles. The average Bonchev–Trinajstić information content (AvgIpc) is 2.10. The topological polar surface area (TPSA) is 64.3 Å². The van der Waals surface area contributed by atoms with E-state index < -0.39 is 0 Å². The fourth-order valence-corrected chi connectivity index (χ4v) is 0.830. The zero-order valence-electron chi connectivity index (χ0n) is 7.80. The molecular formula is C8H18N2O2. The highest BCUT2D eigenvalue weighted by atomic mass is 16.5. The van der Waals surface area contributed by atoms with Crippen molar-refractivity contribution in [2.24, 2.45) is 11.7 Å². The first-order chi connectivity index (χ1) is 5.72. The number of carbonyl (C=O) groups is 1. The zero-order valence-corrected chi connectivity index (χ0v) is 7.80. The zero-order chi connectivity index (χ0) is 9.40. The molecule has 0 aliphatic heterocycles. The van der Waals surface area contributed by atoms with Crippen molar-refractivity contribution in [1.82, 2.24) is 5.32 Å². The highest BCUT2D eigenvalue weighted by Gasteiger charge is 2.11. The van der Waals surface area contributed by atoms with Crippen molar-refractivity contribution in [2.75, 3.05) is 26.7 Å². The van der Waals surface area contributed by atoms with Gasteiger partial charge in [-0.3, -0.25) is 4.79 Å². The molecule has 0 aromatic heterocycles. The predicted octanol–water partition coefficient (Wildman–Crippen LogP) is -0.266. The van der Waals surface area contributed by atoms with E-state index in [9.17, 15) is 4.79 Å². The fraction of sp³-hybridized carbons (Fsp3) is 0.875. The van der Waals surface area contributed by atoms with Crippen molar-refractivity contribution in [1.29, 1.82) is 0 Å². The van der Waals surface area contributed by atoms with Crippen LogP contribution in [0.1, 0.15) is 13.3 Å². The Labute approximate surface area is 73.5 Å². The number of rotatable bonds is 6. The summed E-state index contributed by atoms with van der Waals surface area (Å²) in [5.41, 5.74) is 5.30. The van der Waals surface area contributed by atoms with Crippen LogP contribution in [0.4, 0.5) is 0 Å². The van der Waals surface area contributed by atoms with Gasteiger partial charge in [-0.2, -0.15) is 0 Å². The van der Waals surface area contributed by atoms with Gasteiger partial charge in [-0.1, -0.05) is 6.92 Å². The van der Waals surface area contributed by atoms with Crippen LogP contribution >= 0.6 is 0 Å². The Morgan fingerprint density at radius 2 is 2.33 bits per heavy atom. The first-order valence-corrected chi connectivity index (χ1v) is 4.21. The lowest BCUT2D eigenvalue weighted by Gasteiger charge is -2.09. The van der Waals surface area contributed by atoms with Crippen LogP contribution in [0.15, 0.2) is 0 Å². The number of esters is 1. The second-order valence-electron chi connectivity index (χ2n) is 2.77. The number of ether oxygens (including phenoxy) is 1. The first kappa shape index (κ1) is 11.4. The third-order valence-corrected chi connectivity index (χ3v) is 1.61. The molecule has 0 heterocycles. The summed E-state index contributed by atoms with van der Waals surface area (Å²) in [5.74, 6) is -0.247. The van der Waals surface area contributed by atoms with Gasteiger partial charge in [-0.25, -0.2) is 0 Å². The number of carbonyl (C=O) groups excluding carboxylic acids is 1. The molecule has 0 amide bonds. The number of hydrogen-bond donors (Lipinski definition) is 2. The maximum atomic E-state index is 10.9. The average molecular weight is 174 g/mol. The van der Waals surface area contributed by atoms with E-state index in [1.807, 2.05) is 6.92 Å². The third-order valence-electron chi connectivity index (χ3n) is 1.61. The Balaban J connectivity index is 3.31. The van der Waals surface area contributed by atoms with Gasteiger partial charge in [0, 0.05) is 6.54 Å². The maximum absolute atomic E-state index is 10.9. The first-order valence-electron chi connectivity index (χ1n) is 4.21. The van der Waals surface area contributed by atoms with Gasteiger partial charge in [0.05, 0.1) is 13.0 Å². The summed E-state index contributed by atoms with van der Waals surface area (Å²) in [6, 6.07) is 0. The molecule has 4 nitrogen and oxygen atoms in total. The predicted molar refractivity (Wildman–Crippen MR) is 47.7 cm³/mol. The smallest absolute Gasteiger partial charge is 0.309 e. The number of methoxy groups -OCH3 is 1. The third kappa shape index (κ3) is 5.09. The molecule has 0 aliphatic rings. The van der Waals surface area contributed by atoms with Gasteiger partial charge in [0.1, 0.15) is 0 Å². The van der Waals surface area contributed by atoms with Gasteiger partial charge in [-0.05, 0) is 19.5 Å². The van der Waals surface area contributed by atoms with Crippen LogP contribution in [-0.2, 0) is 9.53 Å². The maximum Gasteiger partial charge on any atom is 0.309 e. The van der Waals surface area contributed by atoms with E-state index in [1.54, 1.807) is 0 Å². The molecule has 0 fully saturated rings. The second kappa shape index (κ2) is 7.06. The molecule has 1 atom stereocenters. The van der Waals surface area contributed by atoms with Gasteiger partial charge >= 0.3 is 5.97 Å². The minimum atomic E-state index is -0.171. The molecule has 0 saturated heterocycles. The molecule has 0 bridgehead atoms. The van der Waals surface area contributed by atoms with E-state index in [0.29, 0.717) is 13.1 Å². The van der Waals surface area contributed by atoms with Crippen LogP contribution in [0, 0.1) is 5.92 Å². The summed E-state index contributed by atoms with van der Waals surface area (Å²) < 4.78 is 4.57. The Hall–Kier alpha value is -0.610. The molecule has 0 aromatic carbocycles. The van der Waals surface area contributed by atoms with Crippen LogP contribution in [0.25, 0.3) is 0 Å². The summed E-state index contributed by atoms with van der Waals surface area (Å²) >= 11 is 0. The Morgan fingerprint density at radius 1 is 1.67 bits per heavy atom. The lowest BCUT2D eigenvalue weighted by Crippen LogP contribution is -2.28. The summed E-state index contributed by atoms with van der Waals surface area (Å²) in [4.78, 5) is 10.9. The normalized spacial score (nSPS) is 12.6. The highest BCUT2D eigenvalue weighted by Crippen LogP contribution is 1.94. The Kier molecular flexibility index (Phi) is 6.70. The van der Waals surface area contributed by atoms with E-state index in [2.05, 4.69) is 10.1 Å². The van der Waals surface area contributed by atoms with E-state index in [-0.39, 0.29) is 11.9 Å². The SMILES string of the molecule is COC(=O)C(C)CNCCCN. The van der Waals surface area contributed by atoms with Gasteiger partial charge in [-0.15, -0.1) is 0 Å². The molecule has 12 heavy (non-hydrogen) atoms. The fourth-order valence-electron chi connectivity index (χ4n) is 0.830. The van der Waals surface area contributed by atoms with Gasteiger partial charge in [0.15, 0.2) is 0 Å². The minimum Gasteiger partial charge on any atom is -0.469 e. The molecule has 0 aliphatic carbocycles. The minimum absolute atomic E-state index is 0.0761. The highest BCUT2D eigenvalue weighted by molar-refractivity contribution is 5.71. The molecule has 72 valence electrons. The monoisotopic (exact) mass is 174 g/mol. The largest absolute Gasteiger partial charge is 0.469 e. The van der Waals surface area contributed by atoms with Gasteiger partial charge in [0.2, 0.25) is 0 Å². The quantitative estimate of drug-likeness (QED) is 0.430. The van der Waals surface area contributed by atoms with Crippen LogP contribution < -0.4 is 11.1 Å². The molecule has 0 aromatic rings. The van der Waals surface area contributed by atoms with Crippen molar-refractivity contribution in [3.63, 3.8) is 0 Å². The summed E-state index contributed by atoms with van der Waals surface area (Å²) in [5, 5.41) is 3.12. The number of hydrogen-bond acceptors (Lipinski definition) is 4. The number of nitrogens with two attached hydrogens (primary N) is 1. The van der Waals surface area contributed by atoms with Crippen molar-refractivity contribution in [2.45, 2.75) is 13.3 Å². The second-order valence-corrected chi connectivity index (χ2v) is 2.77. The number of nitrogens with one attached hydrogen (secondary N) is 1. The van der Waals surface area contributed by atoms with Crippen molar-refractivity contribution < 1.29 is 9.53 Å². The standard InChI is InChI=1S/C8H18N2O2/c1-7(8(11)12-2)6-10-5-3-4-9/h7,10H,3-6,9H2,1-2H3. The van der Waals surface area contributed by atoms with Crippen molar-refractivity contribution in [3.8, 4) is 0 Å². The van der Waals surface area contributed by atoms with Gasteiger partial charge in [0.25, 0.3) is 0 Å². The molecule has 0 spiro atoms. The van der Waals surface area contributed by atoms with Crippen molar-refractivity contribution in [3.05, 3.63) is 0 Å². The molecule has 0 rings (SSSR count). The van der Waals surface area contributed by atoms with Gasteiger partial charge < -0.3 is 15.8 Å². The van der Waals surface area contributed by atoms with E-state index in [4.69, 9.17) is 5.73 Å². The van der Waals surface area contributed by atoms with Crippen LogP contribution in [0.3, 0.4) is 0 Å². The molecule has 0 radical (unpaired) electrons. The lowest BCUT2D eigenvalue weighted by molar-refractivity contribution is -0.144. The van der Waals surface area contributed by atoms with E-state index in [1.165, 1.54) is 7.11 Å². The molecule has 3 N–H and O–H groups in total. The molecule has 4 heteroatoms. The van der Waals surface area contributed by atoms with Crippen LogP contribution in [-0.4, -0.2) is 32.7 Å². The Morgan fingerprint density at radius 3 is 2.83 bits per heavy atom. The van der Waals surface area contributed by atoms with Crippen LogP contribution in [0.5, 0.6) is 0 Å². The lowest BCUT2D eigenvalue weighted by atomic mass is 10.2. The summed E-state index contributed by atoms with van der Waals surface area (Å²) in [6.07, 6.45) is 0.938. The molecule has 1 unspecified atom stereocenters. The van der Waals surface area contributed by atoms with Crippen LogP contribution in [0.2, 0.25) is 0 Å². The van der Waals surface area contributed by atoms with E-state index >= 15 is 0 Å². The summed E-state index contributed by atoms with van der Waals surface area (Å²) in [6.45, 7) is 4.03. The summed E-state index contributed by atoms with van der Waals surface area (Å²) in [7, 11) is 1.40.